The van der Waals surface area contributed by atoms with Gasteiger partial charge in [-0.15, -0.1) is 0 Å². The molecule has 3 aromatic carbocycles. The van der Waals surface area contributed by atoms with Gasteiger partial charge in [-0.3, -0.25) is 4.98 Å². The van der Waals surface area contributed by atoms with Crippen molar-refractivity contribution in [1.29, 1.82) is 0 Å². The van der Waals surface area contributed by atoms with E-state index in [1.54, 1.807) is 31.4 Å². The van der Waals surface area contributed by atoms with Gasteiger partial charge in [0.1, 0.15) is 5.82 Å². The number of fused-ring (bicyclic) bond motifs is 1. The first kappa shape index (κ1) is 27.4. The number of benzene rings is 3. The fraction of sp³-hybridized carbons (Fsp3) is 0.276. The molecule has 0 fully saturated rings. The van der Waals surface area contributed by atoms with E-state index in [1.807, 2.05) is 24.4 Å². The molecule has 4 aromatic rings. The Bertz CT molecular complexity index is 1380. The first-order valence-electron chi connectivity index (χ1n) is 12.0. The highest BCUT2D eigenvalue weighted by atomic mass is 19.4. The lowest BCUT2D eigenvalue weighted by molar-refractivity contribution is -0.154. The van der Waals surface area contributed by atoms with E-state index >= 15 is 4.39 Å². The van der Waals surface area contributed by atoms with Crippen molar-refractivity contribution in [1.82, 2.24) is 4.98 Å². The average Bonchev–Trinajstić information content (AvgIpc) is 2.87. The van der Waals surface area contributed by atoms with Gasteiger partial charge in [-0.05, 0) is 72.0 Å². The van der Waals surface area contributed by atoms with E-state index in [9.17, 15) is 22.0 Å². The van der Waals surface area contributed by atoms with Crippen molar-refractivity contribution in [3.05, 3.63) is 94.9 Å². The van der Waals surface area contributed by atoms with Crippen LogP contribution in [0, 0.1) is 17.5 Å². The average molecular weight is 534 g/mol. The Morgan fingerprint density at radius 2 is 1.58 bits per heavy atom. The molecule has 0 spiro atoms. The molecule has 1 aromatic heterocycles. The van der Waals surface area contributed by atoms with Crippen LogP contribution in [0.4, 0.5) is 26.3 Å². The summed E-state index contributed by atoms with van der Waals surface area (Å²) < 4.78 is 89.8. The quantitative estimate of drug-likeness (QED) is 0.155. The Hall–Kier alpha value is -3.59. The number of aromatic nitrogens is 1. The fourth-order valence-electron chi connectivity index (χ4n) is 4.18. The Kier molecular flexibility index (Phi) is 8.56. The lowest BCUT2D eigenvalue weighted by Crippen LogP contribution is -2.20. The summed E-state index contributed by atoms with van der Waals surface area (Å²) in [7, 11) is 1.66. The molecule has 38 heavy (non-hydrogen) atoms. The molecule has 0 saturated carbocycles. The molecule has 1 heterocycles. The summed E-state index contributed by atoms with van der Waals surface area (Å²) in [5.41, 5.74) is 3.23. The van der Waals surface area contributed by atoms with Crippen molar-refractivity contribution in [3.8, 4) is 17.0 Å². The zero-order valence-corrected chi connectivity index (χ0v) is 20.5. The Labute approximate surface area is 216 Å². The van der Waals surface area contributed by atoms with Gasteiger partial charge in [0.05, 0.1) is 5.69 Å². The van der Waals surface area contributed by atoms with Crippen molar-refractivity contribution < 1.29 is 35.8 Å². The fourth-order valence-corrected chi connectivity index (χ4v) is 4.18. The highest BCUT2D eigenvalue weighted by Crippen LogP contribution is 2.29. The molecular weight excluding hydrogens is 508 g/mol. The standard InChI is InChI=1S/C29H25F6NO2/c1-37-12-2-3-18-5-11-26(36-16-18)22-9-10-23-21(15-22)8-7-20(27(23)32)6-4-19-13-24(30)28(25(31)14-19)38-17-29(33,34)35/h5,7-11,13-16H,2-4,6,12,17H2,1H3. The number of pyridine rings is 1. The molecule has 0 aliphatic carbocycles. The van der Waals surface area contributed by atoms with Crippen LogP contribution in [0.1, 0.15) is 23.1 Å². The first-order chi connectivity index (χ1) is 18.1. The van der Waals surface area contributed by atoms with E-state index in [0.29, 0.717) is 22.9 Å². The number of hydrogen-bond donors (Lipinski definition) is 0. The highest BCUT2D eigenvalue weighted by Gasteiger charge is 2.30. The minimum atomic E-state index is -4.73. The largest absolute Gasteiger partial charge is 0.478 e. The number of nitrogens with zero attached hydrogens (tertiary/aromatic N) is 1. The highest BCUT2D eigenvalue weighted by molar-refractivity contribution is 5.88. The lowest BCUT2D eigenvalue weighted by Gasteiger charge is -2.12. The predicted molar refractivity (Wildman–Crippen MR) is 133 cm³/mol. The molecule has 4 rings (SSSR count). The second kappa shape index (κ2) is 11.9. The SMILES string of the molecule is COCCCc1ccc(-c2ccc3c(F)c(CCc4cc(F)c(OCC(F)(F)F)c(F)c4)ccc3c2)nc1. The molecule has 0 saturated heterocycles. The van der Waals surface area contributed by atoms with Crippen LogP contribution in [0.3, 0.4) is 0 Å². The number of ether oxygens (including phenoxy) is 2. The molecule has 0 bridgehead atoms. The van der Waals surface area contributed by atoms with Crippen LogP contribution in [0.5, 0.6) is 5.75 Å². The first-order valence-corrected chi connectivity index (χ1v) is 12.0. The molecule has 3 nitrogen and oxygen atoms in total. The van der Waals surface area contributed by atoms with Crippen molar-refractivity contribution in [2.24, 2.45) is 0 Å². The van der Waals surface area contributed by atoms with Crippen molar-refractivity contribution in [2.45, 2.75) is 31.9 Å². The van der Waals surface area contributed by atoms with Crippen LogP contribution < -0.4 is 4.74 Å². The predicted octanol–water partition coefficient (Wildman–Crippen LogP) is 7.62. The molecule has 0 N–H and O–H groups in total. The van der Waals surface area contributed by atoms with Gasteiger partial charge in [-0.25, -0.2) is 13.2 Å². The normalized spacial score (nSPS) is 11.8. The molecule has 0 aliphatic heterocycles. The summed E-state index contributed by atoms with van der Waals surface area (Å²) in [5.74, 6) is -4.02. The third kappa shape index (κ3) is 6.83. The van der Waals surface area contributed by atoms with Crippen LogP contribution in [0.25, 0.3) is 22.0 Å². The number of hydrogen-bond acceptors (Lipinski definition) is 3. The Morgan fingerprint density at radius 1 is 0.816 bits per heavy atom. The second-order valence-electron chi connectivity index (χ2n) is 8.92. The van der Waals surface area contributed by atoms with Gasteiger partial charge < -0.3 is 9.47 Å². The Morgan fingerprint density at radius 3 is 2.24 bits per heavy atom. The van der Waals surface area contributed by atoms with Gasteiger partial charge in [0.25, 0.3) is 0 Å². The molecule has 9 heteroatoms. The van der Waals surface area contributed by atoms with E-state index < -0.39 is 36.0 Å². The van der Waals surface area contributed by atoms with E-state index in [-0.39, 0.29) is 18.4 Å². The molecular formula is C29H25F6NO2. The molecule has 200 valence electrons. The van der Waals surface area contributed by atoms with E-state index in [0.717, 1.165) is 41.8 Å². The summed E-state index contributed by atoms with van der Waals surface area (Å²) in [5, 5.41) is 1.08. The smallest absolute Gasteiger partial charge is 0.422 e. The third-order valence-electron chi connectivity index (χ3n) is 6.09. The van der Waals surface area contributed by atoms with Crippen LogP contribution in [0.2, 0.25) is 0 Å². The molecule has 0 radical (unpaired) electrons. The van der Waals surface area contributed by atoms with E-state index in [2.05, 4.69) is 9.72 Å². The maximum atomic E-state index is 15.2. The van der Waals surface area contributed by atoms with Crippen molar-refractivity contribution in [2.75, 3.05) is 20.3 Å². The lowest BCUT2D eigenvalue weighted by atomic mass is 9.98. The number of aryl methyl sites for hydroxylation is 3. The summed E-state index contributed by atoms with van der Waals surface area (Å²) in [4.78, 5) is 4.52. The number of methoxy groups -OCH3 is 1. The van der Waals surface area contributed by atoms with Crippen LogP contribution in [-0.2, 0) is 24.0 Å². The molecule has 0 aliphatic rings. The Balaban J connectivity index is 1.46. The monoisotopic (exact) mass is 533 g/mol. The maximum absolute atomic E-state index is 15.2. The van der Waals surface area contributed by atoms with Gasteiger partial charge in [0.15, 0.2) is 24.0 Å². The third-order valence-corrected chi connectivity index (χ3v) is 6.09. The number of rotatable bonds is 10. The summed E-state index contributed by atoms with van der Waals surface area (Å²) in [6, 6.07) is 14.4. The van der Waals surface area contributed by atoms with Crippen LogP contribution in [0.15, 0.2) is 60.8 Å². The van der Waals surface area contributed by atoms with Crippen molar-refractivity contribution in [3.63, 3.8) is 0 Å². The van der Waals surface area contributed by atoms with Crippen LogP contribution >= 0.6 is 0 Å². The van der Waals surface area contributed by atoms with E-state index in [4.69, 9.17) is 4.74 Å². The molecule has 0 amide bonds. The van der Waals surface area contributed by atoms with E-state index in [1.165, 1.54) is 0 Å². The van der Waals surface area contributed by atoms with Crippen LogP contribution in [-0.4, -0.2) is 31.5 Å². The van der Waals surface area contributed by atoms with Gasteiger partial charge in [0, 0.05) is 30.9 Å². The van der Waals surface area contributed by atoms with Gasteiger partial charge in [-0.2, -0.15) is 13.2 Å². The van der Waals surface area contributed by atoms with Gasteiger partial charge >= 0.3 is 6.18 Å². The molecule has 0 unspecified atom stereocenters. The maximum Gasteiger partial charge on any atom is 0.422 e. The van der Waals surface area contributed by atoms with Gasteiger partial charge in [-0.1, -0.05) is 30.3 Å². The summed E-state index contributed by atoms with van der Waals surface area (Å²) >= 11 is 0. The minimum Gasteiger partial charge on any atom is -0.478 e. The minimum absolute atomic E-state index is 0.0779. The van der Waals surface area contributed by atoms with Crippen molar-refractivity contribution >= 4 is 10.8 Å². The topological polar surface area (TPSA) is 31.4 Å². The number of alkyl halides is 3. The zero-order valence-electron chi connectivity index (χ0n) is 20.5. The second-order valence-corrected chi connectivity index (χ2v) is 8.92. The summed E-state index contributed by atoms with van der Waals surface area (Å²) in [6.45, 7) is -1.12. The summed E-state index contributed by atoms with van der Waals surface area (Å²) in [6.07, 6.45) is -0.925. The zero-order chi connectivity index (χ0) is 27.3. The molecule has 0 atom stereocenters. The number of halogens is 6. The van der Waals surface area contributed by atoms with Gasteiger partial charge in [0.2, 0.25) is 0 Å².